The number of allylic oxidation sites excluding steroid dienone is 1. The molecule has 30 heavy (non-hydrogen) atoms. The Balaban J connectivity index is 1.53. The number of hydrogen-bond donors (Lipinski definition) is 1. The Bertz CT molecular complexity index is 769. The third-order valence-corrected chi connectivity index (χ3v) is 12.2. The molecular formula is C28H45NO. The second kappa shape index (κ2) is 6.46. The van der Waals surface area contributed by atoms with Gasteiger partial charge in [-0.2, -0.15) is 0 Å². The van der Waals surface area contributed by atoms with Gasteiger partial charge in [-0.05, 0) is 111 Å². The molecule has 5 saturated carbocycles. The van der Waals surface area contributed by atoms with Gasteiger partial charge in [-0.1, -0.05) is 39.8 Å². The second-order valence-electron chi connectivity index (χ2n) is 13.3. The molecule has 2 heteroatoms. The number of ketones is 1. The maximum atomic E-state index is 12.8. The van der Waals surface area contributed by atoms with E-state index in [1.165, 1.54) is 56.9 Å². The predicted octanol–water partition coefficient (Wildman–Crippen LogP) is 6.53. The van der Waals surface area contributed by atoms with Gasteiger partial charge in [0.2, 0.25) is 0 Å². The van der Waals surface area contributed by atoms with Gasteiger partial charge in [-0.15, -0.1) is 0 Å². The third-order valence-electron chi connectivity index (χ3n) is 12.2. The minimum Gasteiger partial charge on any atom is -0.324 e. The molecule has 4 unspecified atom stereocenters. The van der Waals surface area contributed by atoms with Crippen LogP contribution in [0.5, 0.6) is 0 Å². The Morgan fingerprint density at radius 3 is 2.37 bits per heavy atom. The highest BCUT2D eigenvalue weighted by Crippen LogP contribution is 2.72. The van der Waals surface area contributed by atoms with Gasteiger partial charge >= 0.3 is 0 Å². The summed E-state index contributed by atoms with van der Waals surface area (Å²) in [6.07, 6.45) is 12.2. The summed E-state index contributed by atoms with van der Waals surface area (Å²) in [5.41, 5.74) is 9.34. The van der Waals surface area contributed by atoms with Crippen molar-refractivity contribution in [1.82, 2.24) is 0 Å². The van der Waals surface area contributed by atoms with Gasteiger partial charge in [0.15, 0.2) is 0 Å². The lowest BCUT2D eigenvalue weighted by molar-refractivity contribution is -0.199. The highest BCUT2D eigenvalue weighted by Gasteiger charge is 2.69. The summed E-state index contributed by atoms with van der Waals surface area (Å²) in [4.78, 5) is 12.8. The van der Waals surface area contributed by atoms with Crippen LogP contribution in [0.15, 0.2) is 12.2 Å². The molecule has 5 aliphatic rings. The van der Waals surface area contributed by atoms with Crippen LogP contribution >= 0.6 is 0 Å². The van der Waals surface area contributed by atoms with Gasteiger partial charge < -0.3 is 5.73 Å². The summed E-state index contributed by atoms with van der Waals surface area (Å²) in [5.74, 6) is 4.71. The average Bonchev–Trinajstić information content (AvgIpc) is 3.10. The number of fused-ring (bicyclic) bond motifs is 7. The largest absolute Gasteiger partial charge is 0.324 e. The summed E-state index contributed by atoms with van der Waals surface area (Å²) in [6.45, 7) is 16.3. The van der Waals surface area contributed by atoms with E-state index in [2.05, 4.69) is 41.2 Å². The van der Waals surface area contributed by atoms with Crippen LogP contribution in [0.3, 0.4) is 0 Å². The molecule has 2 N–H and O–H groups in total. The average molecular weight is 412 g/mol. The fourth-order valence-corrected chi connectivity index (χ4v) is 10.6. The first-order valence-electron chi connectivity index (χ1n) is 12.9. The molecule has 0 radical (unpaired) electrons. The van der Waals surface area contributed by atoms with Gasteiger partial charge in [0, 0.05) is 17.4 Å². The van der Waals surface area contributed by atoms with Crippen molar-refractivity contribution in [2.24, 2.45) is 57.5 Å². The van der Waals surface area contributed by atoms with E-state index >= 15 is 0 Å². The van der Waals surface area contributed by atoms with Crippen LogP contribution in [0.25, 0.3) is 0 Å². The first-order chi connectivity index (χ1) is 14.0. The topological polar surface area (TPSA) is 43.1 Å². The Kier molecular flexibility index (Phi) is 4.57. The lowest BCUT2D eigenvalue weighted by atomic mass is 9.35. The van der Waals surface area contributed by atoms with E-state index in [9.17, 15) is 4.79 Å². The molecule has 0 aromatic carbocycles. The van der Waals surface area contributed by atoms with E-state index in [0.717, 1.165) is 24.7 Å². The molecular weight excluding hydrogens is 366 g/mol. The van der Waals surface area contributed by atoms with E-state index in [0.29, 0.717) is 29.5 Å². The minimum absolute atomic E-state index is 0.0330. The maximum absolute atomic E-state index is 12.8. The number of Topliss-reactive ketones (excluding diaryl/α,β-unsaturated/α-hetero) is 1. The van der Waals surface area contributed by atoms with Crippen molar-refractivity contribution in [3.05, 3.63) is 12.2 Å². The normalized spacial score (nSPS) is 54.5. The van der Waals surface area contributed by atoms with Gasteiger partial charge in [0.05, 0.1) is 0 Å². The van der Waals surface area contributed by atoms with Crippen molar-refractivity contribution in [3.63, 3.8) is 0 Å². The molecule has 0 aromatic rings. The van der Waals surface area contributed by atoms with Gasteiger partial charge in [-0.25, -0.2) is 0 Å². The van der Waals surface area contributed by atoms with Gasteiger partial charge in [-0.3, -0.25) is 4.79 Å². The molecule has 9 atom stereocenters. The van der Waals surface area contributed by atoms with Crippen molar-refractivity contribution in [2.75, 3.05) is 0 Å². The number of carbonyl (C=O) groups is 1. The first kappa shape index (κ1) is 21.2. The minimum atomic E-state index is -0.166. The predicted molar refractivity (Wildman–Crippen MR) is 124 cm³/mol. The van der Waals surface area contributed by atoms with Crippen LogP contribution in [0.2, 0.25) is 0 Å². The zero-order valence-electron chi connectivity index (χ0n) is 20.2. The molecule has 0 bridgehead atoms. The van der Waals surface area contributed by atoms with Crippen molar-refractivity contribution < 1.29 is 4.79 Å². The summed E-state index contributed by atoms with van der Waals surface area (Å²) in [5, 5.41) is 0. The molecule has 0 heterocycles. The van der Waals surface area contributed by atoms with Crippen LogP contribution in [0, 0.1) is 51.8 Å². The molecule has 0 saturated heterocycles. The zero-order chi connectivity index (χ0) is 21.7. The van der Waals surface area contributed by atoms with Crippen LogP contribution in [-0.4, -0.2) is 11.3 Å². The smallest absolute Gasteiger partial charge is 0.138 e. The molecule has 5 rings (SSSR count). The molecule has 0 aliphatic heterocycles. The van der Waals surface area contributed by atoms with E-state index in [4.69, 9.17) is 5.73 Å². The Labute approximate surface area is 184 Å². The van der Waals surface area contributed by atoms with Crippen molar-refractivity contribution >= 4 is 5.78 Å². The van der Waals surface area contributed by atoms with Crippen LogP contribution in [0.4, 0.5) is 0 Å². The number of carbonyl (C=O) groups excluding carboxylic acids is 1. The fourth-order valence-electron chi connectivity index (χ4n) is 10.6. The van der Waals surface area contributed by atoms with E-state index < -0.39 is 0 Å². The monoisotopic (exact) mass is 411 g/mol. The lowest BCUT2D eigenvalue weighted by Gasteiger charge is -2.71. The van der Waals surface area contributed by atoms with Crippen LogP contribution < -0.4 is 5.73 Å². The number of rotatable bonds is 1. The number of nitrogens with two attached hydrogens (primary N) is 1. The van der Waals surface area contributed by atoms with Crippen LogP contribution in [-0.2, 0) is 4.79 Å². The standard InChI is InChI=1S/C28H45NO/c1-17(2)19-8-7-18-11-16-28(29)20(24(18)19)9-10-22-26(5)14-13-23(30)25(3,4)21(26)12-15-27(22,28)6/h18-22,24H,1,7-16,29H2,2-6H3/t18-,19+,20?,21?,22?,24?,26+,27-,28+/m1/s1. The zero-order valence-corrected chi connectivity index (χ0v) is 20.2. The Morgan fingerprint density at radius 1 is 0.933 bits per heavy atom. The summed E-state index contributed by atoms with van der Waals surface area (Å²) < 4.78 is 0. The summed E-state index contributed by atoms with van der Waals surface area (Å²) in [6, 6.07) is 0. The quantitative estimate of drug-likeness (QED) is 0.498. The highest BCUT2D eigenvalue weighted by molar-refractivity contribution is 5.85. The van der Waals surface area contributed by atoms with Crippen molar-refractivity contribution in [2.45, 2.75) is 104 Å². The van der Waals surface area contributed by atoms with E-state index in [1.54, 1.807) is 0 Å². The Hall–Kier alpha value is -0.630. The first-order valence-corrected chi connectivity index (χ1v) is 12.9. The lowest BCUT2D eigenvalue weighted by Crippen LogP contribution is -2.72. The Morgan fingerprint density at radius 2 is 1.67 bits per heavy atom. The molecule has 0 spiro atoms. The number of hydrogen-bond acceptors (Lipinski definition) is 2. The van der Waals surface area contributed by atoms with Crippen LogP contribution in [0.1, 0.15) is 98.8 Å². The third kappa shape index (κ3) is 2.44. The molecule has 2 nitrogen and oxygen atoms in total. The van der Waals surface area contributed by atoms with E-state index in [1.807, 2.05) is 0 Å². The molecule has 0 amide bonds. The summed E-state index contributed by atoms with van der Waals surface area (Å²) >= 11 is 0. The molecule has 5 fully saturated rings. The fraction of sp³-hybridized carbons (Fsp3) is 0.893. The summed E-state index contributed by atoms with van der Waals surface area (Å²) in [7, 11) is 0. The van der Waals surface area contributed by atoms with Crippen molar-refractivity contribution in [3.8, 4) is 0 Å². The van der Waals surface area contributed by atoms with Crippen molar-refractivity contribution in [1.29, 1.82) is 0 Å². The van der Waals surface area contributed by atoms with Gasteiger partial charge in [0.25, 0.3) is 0 Å². The maximum Gasteiger partial charge on any atom is 0.138 e. The molecule has 168 valence electrons. The second-order valence-corrected chi connectivity index (χ2v) is 13.3. The SMILES string of the molecule is C=C(C)[C@@H]1CC[C@@H]2CC[C@]3(N)C(CCC4[C@@]5(C)CCC(=O)C(C)(C)C5CC[C@]43C)C21. The van der Waals surface area contributed by atoms with Gasteiger partial charge in [0.1, 0.15) is 5.78 Å². The molecule has 0 aromatic heterocycles. The highest BCUT2D eigenvalue weighted by atomic mass is 16.1. The van der Waals surface area contributed by atoms with E-state index in [-0.39, 0.29) is 21.8 Å². The molecule has 5 aliphatic carbocycles.